The third-order valence-electron chi connectivity index (χ3n) is 9.77. The molecule has 2 atom stereocenters. The minimum atomic E-state index is -0.832. The quantitative estimate of drug-likeness (QED) is 0.0460. The lowest BCUT2D eigenvalue weighted by Gasteiger charge is -2.20. The maximum Gasteiger partial charge on any atom is 0.220 e. The number of carbonyl (C=O) groups excluding carboxylic acids is 1. The molecule has 0 aromatic carbocycles. The maximum absolute atomic E-state index is 12.3. The van der Waals surface area contributed by atoms with Crippen molar-refractivity contribution >= 4 is 5.91 Å². The van der Waals surface area contributed by atoms with E-state index >= 15 is 0 Å². The van der Waals surface area contributed by atoms with Crippen LogP contribution in [0.2, 0.25) is 0 Å². The molecule has 0 aromatic heterocycles. The van der Waals surface area contributed by atoms with Crippen molar-refractivity contribution in [3.05, 3.63) is 12.2 Å². The Morgan fingerprint density at radius 2 is 0.804 bits per heavy atom. The van der Waals surface area contributed by atoms with Crippen LogP contribution >= 0.6 is 0 Å². The number of amides is 1. The van der Waals surface area contributed by atoms with Gasteiger partial charge in [0.15, 0.2) is 0 Å². The van der Waals surface area contributed by atoms with E-state index in [9.17, 15) is 15.0 Å². The van der Waals surface area contributed by atoms with Crippen molar-refractivity contribution in [2.45, 2.75) is 244 Å². The second-order valence-electron chi connectivity index (χ2n) is 14.4. The van der Waals surface area contributed by atoms with E-state index in [0.717, 1.165) is 25.7 Å². The molecule has 4 heteroatoms. The van der Waals surface area contributed by atoms with E-state index in [1.54, 1.807) is 6.08 Å². The van der Waals surface area contributed by atoms with Gasteiger partial charge < -0.3 is 15.5 Å². The van der Waals surface area contributed by atoms with Gasteiger partial charge in [-0.15, -0.1) is 0 Å². The smallest absolute Gasteiger partial charge is 0.220 e. The Labute approximate surface area is 288 Å². The highest BCUT2D eigenvalue weighted by Crippen LogP contribution is 2.16. The summed E-state index contributed by atoms with van der Waals surface area (Å²) < 4.78 is 0. The zero-order valence-electron chi connectivity index (χ0n) is 31.4. The fraction of sp³-hybridized carbons (Fsp3) is 0.929. The first-order chi connectivity index (χ1) is 22.7. The standard InChI is InChI=1S/C42H83NO3/c1-3-5-7-9-11-13-15-17-18-19-20-21-22-23-24-26-28-30-32-34-36-38-42(46)43-40(39-44)41(45)37-35-33-31-29-27-25-16-14-12-10-8-6-4-2/h35,37,40-41,44-45H,3-34,36,38-39H2,1-2H3,(H,43,46)/b37-35-/t40-,41-/m0/s1. The Morgan fingerprint density at radius 1 is 0.500 bits per heavy atom. The first-order valence-corrected chi connectivity index (χ1v) is 20.9. The number of hydrogen-bond acceptors (Lipinski definition) is 3. The largest absolute Gasteiger partial charge is 0.394 e. The number of rotatable bonds is 38. The molecule has 0 saturated carbocycles. The predicted octanol–water partition coefficient (Wildman–Crippen LogP) is 12.7. The van der Waals surface area contributed by atoms with Gasteiger partial charge in [-0.05, 0) is 19.3 Å². The molecule has 0 aromatic rings. The third kappa shape index (κ3) is 34.5. The van der Waals surface area contributed by atoms with Crippen LogP contribution in [0.3, 0.4) is 0 Å². The van der Waals surface area contributed by atoms with Gasteiger partial charge in [0.2, 0.25) is 5.91 Å². The lowest BCUT2D eigenvalue weighted by molar-refractivity contribution is -0.123. The van der Waals surface area contributed by atoms with E-state index in [4.69, 9.17) is 0 Å². The Bertz CT molecular complexity index is 622. The molecule has 0 bridgehead atoms. The monoisotopic (exact) mass is 650 g/mol. The molecule has 0 aliphatic carbocycles. The van der Waals surface area contributed by atoms with Gasteiger partial charge in [-0.2, -0.15) is 0 Å². The molecular weight excluding hydrogens is 566 g/mol. The number of hydrogen-bond donors (Lipinski definition) is 3. The second-order valence-corrected chi connectivity index (χ2v) is 14.4. The van der Waals surface area contributed by atoms with Crippen molar-refractivity contribution in [1.29, 1.82) is 0 Å². The Kier molecular flexibility index (Phi) is 37.8. The molecule has 0 radical (unpaired) electrons. The van der Waals surface area contributed by atoms with Gasteiger partial charge in [0.05, 0.1) is 18.8 Å². The fourth-order valence-corrected chi connectivity index (χ4v) is 6.53. The molecule has 274 valence electrons. The third-order valence-corrected chi connectivity index (χ3v) is 9.77. The molecule has 0 unspecified atom stereocenters. The summed E-state index contributed by atoms with van der Waals surface area (Å²) in [6.07, 6.45) is 47.4. The van der Waals surface area contributed by atoms with Gasteiger partial charge >= 0.3 is 0 Å². The zero-order valence-corrected chi connectivity index (χ0v) is 31.4. The van der Waals surface area contributed by atoms with Crippen LogP contribution in [-0.4, -0.2) is 34.9 Å². The summed E-state index contributed by atoms with van der Waals surface area (Å²) in [5.74, 6) is -0.0605. The van der Waals surface area contributed by atoms with Crippen LogP contribution in [0.1, 0.15) is 232 Å². The topological polar surface area (TPSA) is 69.6 Å². The zero-order chi connectivity index (χ0) is 33.6. The van der Waals surface area contributed by atoms with Crippen molar-refractivity contribution in [2.24, 2.45) is 0 Å². The Morgan fingerprint density at radius 3 is 1.13 bits per heavy atom. The molecule has 0 fully saturated rings. The summed E-state index contributed by atoms with van der Waals surface area (Å²) >= 11 is 0. The van der Waals surface area contributed by atoms with E-state index in [0.29, 0.717) is 6.42 Å². The van der Waals surface area contributed by atoms with E-state index in [1.807, 2.05) is 6.08 Å². The number of aliphatic hydroxyl groups excluding tert-OH is 2. The molecule has 0 aliphatic rings. The average molecular weight is 650 g/mol. The molecule has 0 rings (SSSR count). The highest BCUT2D eigenvalue weighted by molar-refractivity contribution is 5.76. The van der Waals surface area contributed by atoms with Crippen molar-refractivity contribution in [1.82, 2.24) is 5.32 Å². The summed E-state index contributed by atoms with van der Waals surface area (Å²) in [6.45, 7) is 4.32. The van der Waals surface area contributed by atoms with E-state index < -0.39 is 12.1 Å². The normalized spacial score (nSPS) is 13.0. The van der Waals surface area contributed by atoms with Crippen molar-refractivity contribution < 1.29 is 15.0 Å². The molecular formula is C42H83NO3. The minimum absolute atomic E-state index is 0.0605. The van der Waals surface area contributed by atoms with E-state index in [1.165, 1.54) is 186 Å². The highest BCUT2D eigenvalue weighted by atomic mass is 16.3. The van der Waals surface area contributed by atoms with Gasteiger partial charge in [-0.1, -0.05) is 219 Å². The SMILES string of the molecule is CCCCCCCCCCCCC/C=C\[C@H](O)[C@H](CO)NC(=O)CCCCCCCCCCCCCCCCCCCCCCC. The maximum atomic E-state index is 12.3. The number of allylic oxidation sites excluding steroid dienone is 1. The van der Waals surface area contributed by atoms with E-state index in [-0.39, 0.29) is 12.5 Å². The van der Waals surface area contributed by atoms with Crippen LogP contribution in [0.4, 0.5) is 0 Å². The summed E-state index contributed by atoms with van der Waals surface area (Å²) in [6, 6.07) is -0.615. The molecule has 0 spiro atoms. The lowest BCUT2D eigenvalue weighted by Crippen LogP contribution is -2.45. The average Bonchev–Trinajstić information content (AvgIpc) is 3.06. The van der Waals surface area contributed by atoms with Gasteiger partial charge in [0.1, 0.15) is 0 Å². The van der Waals surface area contributed by atoms with Gasteiger partial charge in [0, 0.05) is 6.42 Å². The summed E-state index contributed by atoms with van der Waals surface area (Å²) in [4.78, 5) is 12.3. The first-order valence-electron chi connectivity index (χ1n) is 20.9. The van der Waals surface area contributed by atoms with Gasteiger partial charge in [0.25, 0.3) is 0 Å². The molecule has 4 nitrogen and oxygen atoms in total. The molecule has 0 aliphatic heterocycles. The van der Waals surface area contributed by atoms with Crippen LogP contribution in [0.5, 0.6) is 0 Å². The molecule has 0 saturated heterocycles. The number of aliphatic hydroxyl groups is 2. The number of carbonyl (C=O) groups is 1. The second kappa shape index (κ2) is 38.6. The van der Waals surface area contributed by atoms with Crippen LogP contribution < -0.4 is 5.32 Å². The van der Waals surface area contributed by atoms with Gasteiger partial charge in [-0.25, -0.2) is 0 Å². The number of nitrogens with one attached hydrogen (secondary N) is 1. The van der Waals surface area contributed by atoms with Crippen molar-refractivity contribution in [3.8, 4) is 0 Å². The Balaban J connectivity index is 3.51. The molecule has 46 heavy (non-hydrogen) atoms. The van der Waals surface area contributed by atoms with Crippen LogP contribution in [0.15, 0.2) is 12.2 Å². The molecule has 3 N–H and O–H groups in total. The summed E-state index contributed by atoms with van der Waals surface area (Å²) in [5.41, 5.74) is 0. The minimum Gasteiger partial charge on any atom is -0.394 e. The van der Waals surface area contributed by atoms with Crippen molar-refractivity contribution in [3.63, 3.8) is 0 Å². The fourth-order valence-electron chi connectivity index (χ4n) is 6.53. The Hall–Kier alpha value is -0.870. The highest BCUT2D eigenvalue weighted by Gasteiger charge is 2.17. The van der Waals surface area contributed by atoms with Crippen molar-refractivity contribution in [2.75, 3.05) is 6.61 Å². The summed E-state index contributed by atoms with van der Waals surface area (Å²) in [7, 11) is 0. The van der Waals surface area contributed by atoms with E-state index in [2.05, 4.69) is 19.2 Å². The lowest BCUT2D eigenvalue weighted by atomic mass is 10.0. The van der Waals surface area contributed by atoms with Crippen LogP contribution in [0, 0.1) is 0 Å². The van der Waals surface area contributed by atoms with Gasteiger partial charge in [-0.3, -0.25) is 4.79 Å². The van der Waals surface area contributed by atoms with Crippen LogP contribution in [-0.2, 0) is 4.79 Å². The molecule has 1 amide bonds. The molecule has 0 heterocycles. The summed E-state index contributed by atoms with van der Waals surface area (Å²) in [5, 5.41) is 22.9. The first kappa shape index (κ1) is 45.1. The number of unbranched alkanes of at least 4 members (excludes halogenated alkanes) is 31. The predicted molar refractivity (Wildman–Crippen MR) is 202 cm³/mol. The van der Waals surface area contributed by atoms with Crippen LogP contribution in [0.25, 0.3) is 0 Å².